The minimum absolute atomic E-state index is 0.0686. The number of fused-ring (bicyclic) bond motifs is 1. The predicted molar refractivity (Wildman–Crippen MR) is 90.3 cm³/mol. The van der Waals surface area contributed by atoms with Crippen molar-refractivity contribution in [1.82, 2.24) is 5.32 Å². The van der Waals surface area contributed by atoms with Crippen LogP contribution in [0.3, 0.4) is 0 Å². The second-order valence-corrected chi connectivity index (χ2v) is 5.90. The molecular weight excluding hydrogens is 330 g/mol. The van der Waals surface area contributed by atoms with Crippen molar-refractivity contribution in [2.24, 2.45) is 0 Å². The maximum atomic E-state index is 12.2. The van der Waals surface area contributed by atoms with E-state index < -0.39 is 0 Å². The van der Waals surface area contributed by atoms with E-state index in [9.17, 15) is 4.79 Å². The van der Waals surface area contributed by atoms with Gasteiger partial charge in [0.05, 0.1) is 20.1 Å². The van der Waals surface area contributed by atoms with Crippen molar-refractivity contribution in [3.63, 3.8) is 0 Å². The monoisotopic (exact) mass is 347 g/mol. The highest BCUT2D eigenvalue weighted by Crippen LogP contribution is 2.31. The molecule has 3 rings (SSSR count). The third-order valence-electron chi connectivity index (χ3n) is 3.75. The number of hydrogen-bond donors (Lipinski definition) is 1. The lowest BCUT2D eigenvalue weighted by Crippen LogP contribution is -2.25. The van der Waals surface area contributed by atoms with Crippen LogP contribution in [0.4, 0.5) is 0 Å². The SMILES string of the molecule is COc1ccc(CC(=O)NCc2cc(Cl)cc3c2OCOC3)cc1. The van der Waals surface area contributed by atoms with E-state index in [4.69, 9.17) is 25.8 Å². The fourth-order valence-electron chi connectivity index (χ4n) is 2.57. The summed E-state index contributed by atoms with van der Waals surface area (Å²) in [7, 11) is 1.61. The zero-order valence-corrected chi connectivity index (χ0v) is 14.1. The number of rotatable bonds is 5. The normalized spacial score (nSPS) is 12.9. The predicted octanol–water partition coefficient (Wildman–Crippen LogP) is 3.07. The van der Waals surface area contributed by atoms with E-state index >= 15 is 0 Å². The molecule has 0 atom stereocenters. The van der Waals surface area contributed by atoms with E-state index in [1.165, 1.54) is 0 Å². The third-order valence-corrected chi connectivity index (χ3v) is 3.97. The molecule has 2 aromatic rings. The van der Waals surface area contributed by atoms with Gasteiger partial charge in [-0.25, -0.2) is 0 Å². The summed E-state index contributed by atoms with van der Waals surface area (Å²) in [4.78, 5) is 12.2. The molecule has 1 N–H and O–H groups in total. The van der Waals surface area contributed by atoms with E-state index in [0.717, 1.165) is 28.2 Å². The maximum absolute atomic E-state index is 12.2. The summed E-state index contributed by atoms with van der Waals surface area (Å²) in [5, 5.41) is 3.50. The third kappa shape index (κ3) is 3.99. The first-order chi connectivity index (χ1) is 11.7. The molecule has 0 saturated heterocycles. The number of amides is 1. The fourth-order valence-corrected chi connectivity index (χ4v) is 2.84. The zero-order valence-electron chi connectivity index (χ0n) is 13.3. The quantitative estimate of drug-likeness (QED) is 0.903. The first-order valence-corrected chi connectivity index (χ1v) is 7.95. The molecule has 2 aromatic carbocycles. The molecule has 5 nitrogen and oxygen atoms in total. The minimum atomic E-state index is -0.0686. The molecule has 0 spiro atoms. The fraction of sp³-hybridized carbons (Fsp3) is 0.278. The largest absolute Gasteiger partial charge is 0.497 e. The standard InChI is InChI=1S/C18H18ClNO4/c1-22-16-4-2-12(3-5-16)6-17(21)20-9-13-7-15(19)8-14-10-23-11-24-18(13)14/h2-5,7-8H,6,9-11H2,1H3,(H,20,21). The molecule has 1 amide bonds. The van der Waals surface area contributed by atoms with E-state index in [0.29, 0.717) is 24.6 Å². The highest BCUT2D eigenvalue weighted by Gasteiger charge is 2.17. The molecule has 1 heterocycles. The van der Waals surface area contributed by atoms with Crippen LogP contribution in [0.2, 0.25) is 5.02 Å². The first-order valence-electron chi connectivity index (χ1n) is 7.57. The number of hydrogen-bond acceptors (Lipinski definition) is 4. The van der Waals surface area contributed by atoms with Crippen LogP contribution in [0.25, 0.3) is 0 Å². The van der Waals surface area contributed by atoms with E-state index in [1.807, 2.05) is 30.3 Å². The Balaban J connectivity index is 1.62. The zero-order chi connectivity index (χ0) is 16.9. The Kier molecular flexibility index (Phi) is 5.23. The van der Waals surface area contributed by atoms with Crippen LogP contribution in [0.5, 0.6) is 11.5 Å². The van der Waals surface area contributed by atoms with Crippen LogP contribution in [0.1, 0.15) is 16.7 Å². The van der Waals surface area contributed by atoms with Gasteiger partial charge in [0.15, 0.2) is 6.79 Å². The van der Waals surface area contributed by atoms with Crippen molar-refractivity contribution in [3.05, 3.63) is 58.1 Å². The molecule has 0 bridgehead atoms. The van der Waals surface area contributed by atoms with Crippen LogP contribution in [0, 0.1) is 0 Å². The number of carbonyl (C=O) groups excluding carboxylic acids is 1. The Hall–Kier alpha value is -2.24. The number of halogens is 1. The number of nitrogens with one attached hydrogen (secondary N) is 1. The van der Waals surface area contributed by atoms with Gasteiger partial charge in [-0.05, 0) is 29.8 Å². The molecule has 24 heavy (non-hydrogen) atoms. The van der Waals surface area contributed by atoms with Crippen LogP contribution in [-0.4, -0.2) is 19.8 Å². The summed E-state index contributed by atoms with van der Waals surface area (Å²) >= 11 is 6.12. The topological polar surface area (TPSA) is 56.8 Å². The van der Waals surface area contributed by atoms with Crippen molar-refractivity contribution in [3.8, 4) is 11.5 Å². The van der Waals surface area contributed by atoms with Gasteiger partial charge in [-0.3, -0.25) is 4.79 Å². The van der Waals surface area contributed by atoms with E-state index in [1.54, 1.807) is 13.2 Å². The summed E-state index contributed by atoms with van der Waals surface area (Å²) in [5.41, 5.74) is 2.67. The van der Waals surface area contributed by atoms with Gasteiger partial charge in [0.25, 0.3) is 0 Å². The van der Waals surface area contributed by atoms with Crippen molar-refractivity contribution in [2.75, 3.05) is 13.9 Å². The summed E-state index contributed by atoms with van der Waals surface area (Å²) in [6, 6.07) is 11.0. The van der Waals surface area contributed by atoms with Crippen molar-refractivity contribution < 1.29 is 19.0 Å². The summed E-state index contributed by atoms with van der Waals surface area (Å²) < 4.78 is 15.9. The van der Waals surface area contributed by atoms with Crippen LogP contribution in [-0.2, 0) is 29.1 Å². The van der Waals surface area contributed by atoms with Gasteiger partial charge in [-0.1, -0.05) is 23.7 Å². The van der Waals surface area contributed by atoms with Gasteiger partial charge in [-0.15, -0.1) is 0 Å². The molecule has 126 valence electrons. The Morgan fingerprint density at radius 2 is 2.08 bits per heavy atom. The number of methoxy groups -OCH3 is 1. The lowest BCUT2D eigenvalue weighted by Gasteiger charge is -2.21. The van der Waals surface area contributed by atoms with Crippen LogP contribution < -0.4 is 14.8 Å². The summed E-state index contributed by atoms with van der Waals surface area (Å²) in [6.45, 7) is 1.03. The van der Waals surface area contributed by atoms with Crippen molar-refractivity contribution in [1.29, 1.82) is 0 Å². The first kappa shape index (κ1) is 16.6. The molecule has 6 heteroatoms. The van der Waals surface area contributed by atoms with Crippen molar-refractivity contribution in [2.45, 2.75) is 19.6 Å². The van der Waals surface area contributed by atoms with Gasteiger partial charge < -0.3 is 19.5 Å². The molecule has 1 aliphatic rings. The Morgan fingerprint density at radius 1 is 1.29 bits per heavy atom. The van der Waals surface area contributed by atoms with Gasteiger partial charge in [-0.2, -0.15) is 0 Å². The maximum Gasteiger partial charge on any atom is 0.224 e. The smallest absolute Gasteiger partial charge is 0.224 e. The van der Waals surface area contributed by atoms with Gasteiger partial charge in [0.1, 0.15) is 11.5 Å². The second-order valence-electron chi connectivity index (χ2n) is 5.47. The molecule has 0 saturated carbocycles. The molecule has 0 radical (unpaired) electrons. The van der Waals surface area contributed by atoms with Gasteiger partial charge >= 0.3 is 0 Å². The number of ether oxygens (including phenoxy) is 3. The Labute approximate surface area is 145 Å². The Bertz CT molecular complexity index is 731. The van der Waals surface area contributed by atoms with Crippen LogP contribution >= 0.6 is 11.6 Å². The van der Waals surface area contributed by atoms with Gasteiger partial charge in [0, 0.05) is 22.7 Å². The average molecular weight is 348 g/mol. The van der Waals surface area contributed by atoms with Gasteiger partial charge in [0.2, 0.25) is 5.91 Å². The highest BCUT2D eigenvalue weighted by molar-refractivity contribution is 6.30. The lowest BCUT2D eigenvalue weighted by molar-refractivity contribution is -0.120. The second kappa shape index (κ2) is 7.55. The lowest BCUT2D eigenvalue weighted by atomic mass is 10.1. The number of carbonyl (C=O) groups is 1. The van der Waals surface area contributed by atoms with E-state index in [-0.39, 0.29) is 12.7 Å². The summed E-state index contributed by atoms with van der Waals surface area (Å²) in [6.07, 6.45) is 0.302. The number of benzene rings is 2. The summed E-state index contributed by atoms with van der Waals surface area (Å²) in [5.74, 6) is 1.44. The van der Waals surface area contributed by atoms with Crippen molar-refractivity contribution >= 4 is 17.5 Å². The Morgan fingerprint density at radius 3 is 2.83 bits per heavy atom. The molecule has 0 unspecified atom stereocenters. The molecule has 0 aromatic heterocycles. The minimum Gasteiger partial charge on any atom is -0.497 e. The van der Waals surface area contributed by atoms with Crippen LogP contribution in [0.15, 0.2) is 36.4 Å². The molecule has 1 aliphatic heterocycles. The molecular formula is C18H18ClNO4. The average Bonchev–Trinajstić information content (AvgIpc) is 2.60. The molecule has 0 aliphatic carbocycles. The molecule has 0 fully saturated rings. The van der Waals surface area contributed by atoms with E-state index in [2.05, 4.69) is 5.32 Å². The highest BCUT2D eigenvalue weighted by atomic mass is 35.5.